The lowest BCUT2D eigenvalue weighted by atomic mass is 10.00. The highest BCUT2D eigenvalue weighted by molar-refractivity contribution is 7.13. The largest absolute Gasteiger partial charge is 0.434 e. The fourth-order valence-corrected chi connectivity index (χ4v) is 5.12. The van der Waals surface area contributed by atoms with Gasteiger partial charge >= 0.3 is 6.18 Å². The Kier molecular flexibility index (Phi) is 4.38. The molecular weight excluding hydrogens is 399 g/mol. The summed E-state index contributed by atoms with van der Waals surface area (Å²) in [6.45, 7) is 1.16. The zero-order chi connectivity index (χ0) is 20.2. The summed E-state index contributed by atoms with van der Waals surface area (Å²) in [5, 5.41) is 4.59. The van der Waals surface area contributed by atoms with Gasteiger partial charge in [0.1, 0.15) is 0 Å². The number of anilines is 1. The number of nitrogens with zero attached hydrogens (tertiary/aromatic N) is 2. The summed E-state index contributed by atoms with van der Waals surface area (Å²) >= 11 is 1.02. The number of benzene rings is 1. The van der Waals surface area contributed by atoms with Crippen LogP contribution in [-0.4, -0.2) is 30.0 Å². The van der Waals surface area contributed by atoms with Gasteiger partial charge in [-0.3, -0.25) is 4.79 Å². The van der Waals surface area contributed by atoms with E-state index in [4.69, 9.17) is 0 Å². The Hall–Kier alpha value is -2.09. The van der Waals surface area contributed by atoms with Crippen LogP contribution in [0.5, 0.6) is 0 Å². The fraction of sp³-hybridized carbons (Fsp3) is 0.524. The third-order valence-electron chi connectivity index (χ3n) is 6.32. The summed E-state index contributed by atoms with van der Waals surface area (Å²) in [5.74, 6) is 0.665. The van der Waals surface area contributed by atoms with Crippen molar-refractivity contribution in [3.05, 3.63) is 46.5 Å². The molecule has 2 aliphatic carbocycles. The summed E-state index contributed by atoms with van der Waals surface area (Å²) in [5.41, 5.74) is 1.47. The van der Waals surface area contributed by atoms with Crippen LogP contribution in [0.25, 0.3) is 0 Å². The maximum absolute atomic E-state index is 12.8. The van der Waals surface area contributed by atoms with Gasteiger partial charge in [0.25, 0.3) is 0 Å². The van der Waals surface area contributed by atoms with Crippen molar-refractivity contribution >= 4 is 22.4 Å². The van der Waals surface area contributed by atoms with Gasteiger partial charge in [-0.2, -0.15) is 13.2 Å². The van der Waals surface area contributed by atoms with Crippen LogP contribution in [-0.2, 0) is 17.4 Å². The van der Waals surface area contributed by atoms with Gasteiger partial charge in [-0.1, -0.05) is 24.3 Å². The van der Waals surface area contributed by atoms with Gasteiger partial charge in [-0.05, 0) is 42.7 Å². The Morgan fingerprint density at radius 3 is 2.55 bits per heavy atom. The summed E-state index contributed by atoms with van der Waals surface area (Å²) in [6.07, 6.45) is 0.388. The zero-order valence-corrected chi connectivity index (χ0v) is 16.7. The second kappa shape index (κ2) is 6.72. The topological polar surface area (TPSA) is 45.2 Å². The van der Waals surface area contributed by atoms with Gasteiger partial charge in [-0.15, -0.1) is 11.3 Å². The zero-order valence-electron chi connectivity index (χ0n) is 15.8. The molecule has 3 fully saturated rings. The van der Waals surface area contributed by atoms with Crippen LogP contribution in [0.2, 0.25) is 0 Å². The highest BCUT2D eigenvalue weighted by Gasteiger charge is 2.56. The summed E-state index contributed by atoms with van der Waals surface area (Å²) in [6, 6.07) is 8.23. The Morgan fingerprint density at radius 2 is 1.97 bits per heavy atom. The molecule has 0 radical (unpaired) electrons. The number of alkyl halides is 3. The molecule has 1 saturated heterocycles. The lowest BCUT2D eigenvalue weighted by Crippen LogP contribution is -2.42. The second-order valence-electron chi connectivity index (χ2n) is 8.57. The normalized spacial score (nSPS) is 22.9. The van der Waals surface area contributed by atoms with E-state index in [0.717, 1.165) is 35.1 Å². The highest BCUT2D eigenvalue weighted by Crippen LogP contribution is 2.54. The molecule has 29 heavy (non-hydrogen) atoms. The molecule has 0 bridgehead atoms. The number of nitrogens with one attached hydrogen (secondary N) is 1. The van der Waals surface area contributed by atoms with E-state index < -0.39 is 11.9 Å². The van der Waals surface area contributed by atoms with E-state index in [0.29, 0.717) is 30.6 Å². The van der Waals surface area contributed by atoms with E-state index in [1.807, 2.05) is 17.0 Å². The van der Waals surface area contributed by atoms with Gasteiger partial charge in [0.15, 0.2) is 10.8 Å². The standard InChI is InChI=1S/C21H22F3N3OS/c22-21(23,24)17-11-29-19(26-17)27-10-16(20(12-27)7-8-20)25-18(28)9-13-1-3-14(4-2-13)15-5-6-15/h1-4,11,15-16H,5-10,12H2,(H,25,28)/t16-/m0/s1. The molecule has 1 amide bonds. The van der Waals surface area contributed by atoms with Crippen molar-refractivity contribution in [1.82, 2.24) is 10.3 Å². The molecule has 8 heteroatoms. The van der Waals surface area contributed by atoms with E-state index in [2.05, 4.69) is 22.4 Å². The molecule has 1 atom stereocenters. The number of halogens is 3. The minimum absolute atomic E-state index is 0.0183. The van der Waals surface area contributed by atoms with Crippen LogP contribution in [0.15, 0.2) is 29.6 Å². The van der Waals surface area contributed by atoms with Gasteiger partial charge in [-0.25, -0.2) is 4.98 Å². The van der Waals surface area contributed by atoms with Gasteiger partial charge in [0, 0.05) is 23.9 Å². The molecule has 154 valence electrons. The number of carbonyl (C=O) groups excluding carboxylic acids is 1. The number of hydrogen-bond acceptors (Lipinski definition) is 4. The minimum atomic E-state index is -4.42. The number of carbonyl (C=O) groups is 1. The number of rotatable bonds is 5. The van der Waals surface area contributed by atoms with E-state index in [1.54, 1.807) is 0 Å². The summed E-state index contributed by atoms with van der Waals surface area (Å²) in [4.78, 5) is 18.3. The molecule has 1 aromatic heterocycles. The second-order valence-corrected chi connectivity index (χ2v) is 9.41. The van der Waals surface area contributed by atoms with Gasteiger partial charge < -0.3 is 10.2 Å². The Bertz CT molecular complexity index is 916. The molecule has 1 aromatic carbocycles. The predicted octanol–water partition coefficient (Wildman–Crippen LogP) is 4.37. The smallest absolute Gasteiger partial charge is 0.351 e. The predicted molar refractivity (Wildman–Crippen MR) is 105 cm³/mol. The van der Waals surface area contributed by atoms with E-state index in [-0.39, 0.29) is 17.4 Å². The quantitative estimate of drug-likeness (QED) is 0.780. The average Bonchev–Trinajstić information content (AvgIpc) is 3.56. The van der Waals surface area contributed by atoms with Crippen LogP contribution < -0.4 is 10.2 Å². The van der Waals surface area contributed by atoms with Crippen molar-refractivity contribution in [2.24, 2.45) is 5.41 Å². The van der Waals surface area contributed by atoms with Crippen molar-refractivity contribution in [2.45, 2.75) is 50.2 Å². The Morgan fingerprint density at radius 1 is 1.24 bits per heavy atom. The fourth-order valence-electron chi connectivity index (χ4n) is 4.28. The lowest BCUT2D eigenvalue weighted by Gasteiger charge is -2.18. The first kappa shape index (κ1) is 18.9. The first-order valence-corrected chi connectivity index (χ1v) is 10.9. The Labute approximate surface area is 171 Å². The van der Waals surface area contributed by atoms with Crippen LogP contribution in [0.3, 0.4) is 0 Å². The first-order valence-electron chi connectivity index (χ1n) is 9.98. The maximum Gasteiger partial charge on any atom is 0.434 e. The average molecular weight is 421 g/mol. The first-order chi connectivity index (χ1) is 13.8. The third-order valence-corrected chi connectivity index (χ3v) is 7.22. The number of thiazole rings is 1. The van der Waals surface area contributed by atoms with E-state index >= 15 is 0 Å². The van der Waals surface area contributed by atoms with Crippen molar-refractivity contribution in [2.75, 3.05) is 18.0 Å². The molecule has 3 aliphatic rings. The van der Waals surface area contributed by atoms with Crippen molar-refractivity contribution in [3.63, 3.8) is 0 Å². The molecule has 1 spiro atoms. The van der Waals surface area contributed by atoms with Gasteiger partial charge in [0.05, 0.1) is 12.5 Å². The van der Waals surface area contributed by atoms with Gasteiger partial charge in [0.2, 0.25) is 5.91 Å². The van der Waals surface area contributed by atoms with Crippen LogP contribution in [0.1, 0.15) is 48.4 Å². The number of hydrogen-bond donors (Lipinski definition) is 1. The molecule has 1 N–H and O–H groups in total. The monoisotopic (exact) mass is 421 g/mol. The molecule has 2 saturated carbocycles. The number of aromatic nitrogens is 1. The molecule has 2 aromatic rings. The van der Waals surface area contributed by atoms with Crippen LogP contribution in [0, 0.1) is 5.41 Å². The maximum atomic E-state index is 12.8. The van der Waals surface area contributed by atoms with Crippen molar-refractivity contribution < 1.29 is 18.0 Å². The van der Waals surface area contributed by atoms with Crippen LogP contribution in [0.4, 0.5) is 18.3 Å². The molecule has 1 aliphatic heterocycles. The SMILES string of the molecule is O=C(Cc1ccc(C2CC2)cc1)N[C@H]1CN(c2nc(C(F)(F)F)cs2)CC12CC2. The summed E-state index contributed by atoms with van der Waals surface area (Å²) < 4.78 is 38.5. The van der Waals surface area contributed by atoms with E-state index in [1.165, 1.54) is 18.4 Å². The van der Waals surface area contributed by atoms with Crippen molar-refractivity contribution in [1.29, 1.82) is 0 Å². The molecule has 2 heterocycles. The minimum Gasteiger partial charge on any atom is -0.351 e. The highest BCUT2D eigenvalue weighted by atomic mass is 32.1. The molecular formula is C21H22F3N3OS. The van der Waals surface area contributed by atoms with Crippen LogP contribution >= 0.6 is 11.3 Å². The third kappa shape index (κ3) is 3.86. The lowest BCUT2D eigenvalue weighted by molar-refractivity contribution is -0.140. The molecule has 4 nitrogen and oxygen atoms in total. The molecule has 5 rings (SSSR count). The number of amides is 1. The van der Waals surface area contributed by atoms with Crippen molar-refractivity contribution in [3.8, 4) is 0 Å². The molecule has 0 unspecified atom stereocenters. The summed E-state index contributed by atoms with van der Waals surface area (Å²) in [7, 11) is 0. The Balaban J connectivity index is 1.22. The van der Waals surface area contributed by atoms with E-state index in [9.17, 15) is 18.0 Å².